The van der Waals surface area contributed by atoms with E-state index >= 15 is 0 Å². The summed E-state index contributed by atoms with van der Waals surface area (Å²) in [6.07, 6.45) is -0.258. The van der Waals surface area contributed by atoms with Gasteiger partial charge in [0.1, 0.15) is 11.4 Å². The lowest BCUT2D eigenvalue weighted by atomic mass is 9.96. The van der Waals surface area contributed by atoms with Crippen molar-refractivity contribution in [1.82, 2.24) is 24.7 Å². The number of fused-ring (bicyclic) bond motifs is 1. The molecule has 0 radical (unpaired) electrons. The lowest BCUT2D eigenvalue weighted by molar-refractivity contribution is 0.0158. The van der Waals surface area contributed by atoms with E-state index in [2.05, 4.69) is 35.9 Å². The Morgan fingerprint density at radius 3 is 2.41 bits per heavy atom. The first kappa shape index (κ1) is 19.4. The number of rotatable bonds is 1. The van der Waals surface area contributed by atoms with Gasteiger partial charge in [0.15, 0.2) is 11.5 Å². The number of amides is 1. The smallest absolute Gasteiger partial charge is 0.410 e. The van der Waals surface area contributed by atoms with Crippen LogP contribution in [0.25, 0.3) is 5.65 Å². The minimum Gasteiger partial charge on any atom is -0.444 e. The first-order chi connectivity index (χ1) is 12.5. The second kappa shape index (κ2) is 6.65. The molecule has 27 heavy (non-hydrogen) atoms. The average molecular weight is 374 g/mol. The summed E-state index contributed by atoms with van der Waals surface area (Å²) >= 11 is 0. The van der Waals surface area contributed by atoms with E-state index in [9.17, 15) is 4.79 Å². The van der Waals surface area contributed by atoms with E-state index in [1.807, 2.05) is 44.3 Å². The maximum absolute atomic E-state index is 12.4. The fourth-order valence-electron chi connectivity index (χ4n) is 3.17. The molecular weight excluding hydrogens is 344 g/mol. The standard InChI is InChI=1S/C19H30N6O2/c1-13-12-23(10-11-24(13)17(26)27-19(5,6)7)15-9-8-14-20-21-16(18(2,3)4)25(14)22-15/h8-9,13H,10-12H2,1-7H3. The molecule has 2 aromatic rings. The highest BCUT2D eigenvalue weighted by Gasteiger charge is 2.31. The molecule has 1 saturated heterocycles. The molecular formula is C19H30N6O2. The van der Waals surface area contributed by atoms with Crippen LogP contribution in [-0.2, 0) is 10.2 Å². The lowest BCUT2D eigenvalue weighted by Gasteiger charge is -2.40. The third-order valence-electron chi connectivity index (χ3n) is 4.50. The molecule has 0 N–H and O–H groups in total. The third kappa shape index (κ3) is 4.14. The summed E-state index contributed by atoms with van der Waals surface area (Å²) in [4.78, 5) is 16.4. The zero-order valence-electron chi connectivity index (χ0n) is 17.4. The molecule has 2 aromatic heterocycles. The van der Waals surface area contributed by atoms with Crippen LogP contribution < -0.4 is 4.90 Å². The number of anilines is 1. The molecule has 0 spiro atoms. The van der Waals surface area contributed by atoms with Crippen LogP contribution in [0, 0.1) is 0 Å². The topological polar surface area (TPSA) is 75.9 Å². The van der Waals surface area contributed by atoms with Crippen LogP contribution in [-0.4, -0.2) is 62.1 Å². The molecule has 1 atom stereocenters. The Morgan fingerprint density at radius 2 is 1.81 bits per heavy atom. The zero-order chi connectivity index (χ0) is 20.0. The number of aromatic nitrogens is 4. The fraction of sp³-hybridized carbons (Fsp3) is 0.684. The lowest BCUT2D eigenvalue weighted by Crippen LogP contribution is -2.55. The minimum absolute atomic E-state index is 0.0362. The van der Waals surface area contributed by atoms with Crippen molar-refractivity contribution in [3.8, 4) is 0 Å². The Kier molecular flexibility index (Phi) is 4.78. The molecule has 1 aliphatic rings. The highest BCUT2D eigenvalue weighted by atomic mass is 16.6. The van der Waals surface area contributed by atoms with Crippen molar-refractivity contribution < 1.29 is 9.53 Å². The Labute approximate surface area is 160 Å². The number of hydrogen-bond acceptors (Lipinski definition) is 6. The predicted molar refractivity (Wildman–Crippen MR) is 104 cm³/mol. The fourth-order valence-corrected chi connectivity index (χ4v) is 3.17. The van der Waals surface area contributed by atoms with Crippen LogP contribution in [0.5, 0.6) is 0 Å². The molecule has 1 amide bonds. The highest BCUT2D eigenvalue weighted by molar-refractivity contribution is 5.69. The molecule has 0 bridgehead atoms. The third-order valence-corrected chi connectivity index (χ3v) is 4.50. The summed E-state index contributed by atoms with van der Waals surface area (Å²) in [6, 6.07) is 3.94. The van der Waals surface area contributed by atoms with Crippen molar-refractivity contribution in [2.45, 2.75) is 65.5 Å². The molecule has 8 heteroatoms. The molecule has 3 heterocycles. The van der Waals surface area contributed by atoms with E-state index in [1.54, 1.807) is 4.90 Å². The van der Waals surface area contributed by atoms with Crippen molar-refractivity contribution >= 4 is 17.6 Å². The van der Waals surface area contributed by atoms with Crippen LogP contribution in [0.3, 0.4) is 0 Å². The van der Waals surface area contributed by atoms with Crippen LogP contribution in [0.4, 0.5) is 10.6 Å². The molecule has 1 aliphatic heterocycles. The second-order valence-corrected chi connectivity index (χ2v) is 9.20. The van der Waals surface area contributed by atoms with Gasteiger partial charge in [-0.15, -0.1) is 15.3 Å². The molecule has 1 unspecified atom stereocenters. The van der Waals surface area contributed by atoms with Crippen molar-refractivity contribution in [2.75, 3.05) is 24.5 Å². The van der Waals surface area contributed by atoms with E-state index in [-0.39, 0.29) is 17.6 Å². The molecule has 1 fully saturated rings. The first-order valence-electron chi connectivity index (χ1n) is 9.43. The van der Waals surface area contributed by atoms with E-state index in [4.69, 9.17) is 9.84 Å². The van der Waals surface area contributed by atoms with Gasteiger partial charge < -0.3 is 14.5 Å². The SMILES string of the molecule is CC1CN(c2ccc3nnc(C(C)(C)C)n3n2)CCN1C(=O)OC(C)(C)C. The number of ether oxygens (including phenoxy) is 1. The van der Waals surface area contributed by atoms with Gasteiger partial charge in [0.25, 0.3) is 0 Å². The van der Waals surface area contributed by atoms with E-state index in [1.165, 1.54) is 0 Å². The monoisotopic (exact) mass is 374 g/mol. The number of carbonyl (C=O) groups excluding carboxylic acids is 1. The number of nitrogens with zero attached hydrogens (tertiary/aromatic N) is 6. The van der Waals surface area contributed by atoms with Gasteiger partial charge in [-0.2, -0.15) is 4.52 Å². The molecule has 3 rings (SSSR count). The van der Waals surface area contributed by atoms with Crippen LogP contribution >= 0.6 is 0 Å². The maximum atomic E-state index is 12.4. The molecule has 8 nitrogen and oxygen atoms in total. The van der Waals surface area contributed by atoms with Gasteiger partial charge in [-0.05, 0) is 39.8 Å². The van der Waals surface area contributed by atoms with Gasteiger partial charge in [-0.3, -0.25) is 0 Å². The minimum atomic E-state index is -0.488. The quantitative estimate of drug-likeness (QED) is 0.764. The van der Waals surface area contributed by atoms with Gasteiger partial charge in [0, 0.05) is 31.1 Å². The van der Waals surface area contributed by atoms with Crippen LogP contribution in [0.2, 0.25) is 0 Å². The van der Waals surface area contributed by atoms with Crippen molar-refractivity contribution in [1.29, 1.82) is 0 Å². The maximum Gasteiger partial charge on any atom is 0.410 e. The van der Waals surface area contributed by atoms with Crippen molar-refractivity contribution in [2.24, 2.45) is 0 Å². The van der Waals surface area contributed by atoms with E-state index in [0.717, 1.165) is 17.3 Å². The number of piperazine rings is 1. The van der Waals surface area contributed by atoms with Gasteiger partial charge in [0.2, 0.25) is 0 Å². The van der Waals surface area contributed by atoms with Crippen LogP contribution in [0.15, 0.2) is 12.1 Å². The Balaban J connectivity index is 1.78. The van der Waals surface area contributed by atoms with Crippen LogP contribution in [0.1, 0.15) is 54.3 Å². The van der Waals surface area contributed by atoms with Gasteiger partial charge >= 0.3 is 6.09 Å². The van der Waals surface area contributed by atoms with Gasteiger partial charge in [-0.1, -0.05) is 20.8 Å². The summed E-state index contributed by atoms with van der Waals surface area (Å²) < 4.78 is 7.34. The summed E-state index contributed by atoms with van der Waals surface area (Å²) in [5.74, 6) is 1.70. The zero-order valence-corrected chi connectivity index (χ0v) is 17.4. The number of hydrogen-bond donors (Lipinski definition) is 0. The Bertz CT molecular complexity index is 833. The summed E-state index contributed by atoms with van der Waals surface area (Å²) in [5.41, 5.74) is 0.107. The van der Waals surface area contributed by atoms with Gasteiger partial charge in [0.05, 0.1) is 0 Å². The summed E-state index contributed by atoms with van der Waals surface area (Å²) in [5, 5.41) is 13.3. The Hall–Kier alpha value is -2.38. The molecule has 0 aliphatic carbocycles. The summed E-state index contributed by atoms with van der Waals surface area (Å²) in [6.45, 7) is 16.0. The largest absolute Gasteiger partial charge is 0.444 e. The van der Waals surface area contributed by atoms with E-state index < -0.39 is 5.60 Å². The number of carbonyl (C=O) groups is 1. The predicted octanol–water partition coefficient (Wildman–Crippen LogP) is 2.87. The summed E-state index contributed by atoms with van der Waals surface area (Å²) in [7, 11) is 0. The normalized spacial score (nSPS) is 18.9. The van der Waals surface area contributed by atoms with Crippen molar-refractivity contribution in [3.05, 3.63) is 18.0 Å². The molecule has 0 aromatic carbocycles. The van der Waals surface area contributed by atoms with Crippen molar-refractivity contribution in [3.63, 3.8) is 0 Å². The van der Waals surface area contributed by atoms with E-state index in [0.29, 0.717) is 19.6 Å². The first-order valence-corrected chi connectivity index (χ1v) is 9.43. The Morgan fingerprint density at radius 1 is 1.11 bits per heavy atom. The molecule has 148 valence electrons. The molecule has 0 saturated carbocycles. The van der Waals surface area contributed by atoms with Gasteiger partial charge in [-0.25, -0.2) is 4.79 Å². The average Bonchev–Trinajstić information content (AvgIpc) is 2.96. The second-order valence-electron chi connectivity index (χ2n) is 9.20. The highest BCUT2D eigenvalue weighted by Crippen LogP contribution is 2.23.